The van der Waals surface area contributed by atoms with Crippen molar-refractivity contribution >= 4 is 17.6 Å². The molecule has 0 saturated heterocycles. The number of benzene rings is 2. The summed E-state index contributed by atoms with van der Waals surface area (Å²) >= 11 is 0. The topological polar surface area (TPSA) is 55.4 Å². The second-order valence-electron chi connectivity index (χ2n) is 5.87. The maximum atomic E-state index is 12.7. The Labute approximate surface area is 128 Å². The number of amides is 1. The molecule has 1 amide bonds. The van der Waals surface area contributed by atoms with Crippen molar-refractivity contribution in [2.24, 2.45) is 0 Å². The van der Waals surface area contributed by atoms with E-state index in [2.05, 4.69) is 5.32 Å². The first-order chi connectivity index (χ1) is 10.6. The van der Waals surface area contributed by atoms with Gasteiger partial charge in [-0.2, -0.15) is 0 Å². The van der Waals surface area contributed by atoms with Crippen LogP contribution in [0.3, 0.4) is 0 Å². The minimum Gasteiger partial charge on any atom is -0.453 e. The zero-order valence-electron chi connectivity index (χ0n) is 12.1. The number of carbonyl (C=O) groups is 2. The summed E-state index contributed by atoms with van der Waals surface area (Å²) in [4.78, 5) is 24.4. The van der Waals surface area contributed by atoms with Gasteiger partial charge in [-0.15, -0.1) is 0 Å². The number of nitrogens with one attached hydrogen (secondary N) is 1. The highest BCUT2D eigenvalue weighted by atomic mass is 16.6. The van der Waals surface area contributed by atoms with Gasteiger partial charge in [0.15, 0.2) is 5.60 Å². The summed E-state index contributed by atoms with van der Waals surface area (Å²) in [5.41, 5.74) is 0.854. The largest absolute Gasteiger partial charge is 0.453 e. The van der Waals surface area contributed by atoms with E-state index in [1.54, 1.807) is 0 Å². The molecule has 0 radical (unpaired) electrons. The monoisotopic (exact) mass is 293 g/mol. The third kappa shape index (κ3) is 1.47. The maximum Gasteiger partial charge on any atom is 0.303 e. The molecule has 4 rings (SSSR count). The van der Waals surface area contributed by atoms with Crippen LogP contribution in [-0.2, 0) is 25.3 Å². The number of anilines is 1. The molecule has 1 aliphatic carbocycles. The van der Waals surface area contributed by atoms with Crippen molar-refractivity contribution in [3.63, 3.8) is 0 Å². The van der Waals surface area contributed by atoms with E-state index in [-0.39, 0.29) is 11.9 Å². The summed E-state index contributed by atoms with van der Waals surface area (Å²) in [6.07, 6.45) is 0.479. The number of rotatable bonds is 2. The average Bonchev–Trinajstić information content (AvgIpc) is 3.09. The molecule has 2 aliphatic rings. The van der Waals surface area contributed by atoms with Gasteiger partial charge in [0.2, 0.25) is 5.91 Å². The fourth-order valence-electron chi connectivity index (χ4n) is 3.70. The molecule has 1 spiro atoms. The van der Waals surface area contributed by atoms with Gasteiger partial charge in [0, 0.05) is 19.0 Å². The SMILES string of the molecule is CC(=O)O[C@]1(c2ccccc2)C[C@]12C(=O)Nc1ccccc12. The van der Waals surface area contributed by atoms with E-state index in [4.69, 9.17) is 4.74 Å². The van der Waals surface area contributed by atoms with Crippen molar-refractivity contribution in [2.75, 3.05) is 5.32 Å². The van der Waals surface area contributed by atoms with Crippen LogP contribution in [0.1, 0.15) is 24.5 Å². The maximum absolute atomic E-state index is 12.7. The molecule has 0 aromatic heterocycles. The van der Waals surface area contributed by atoms with Crippen LogP contribution in [0.15, 0.2) is 54.6 Å². The van der Waals surface area contributed by atoms with Crippen molar-refractivity contribution in [3.05, 3.63) is 65.7 Å². The molecule has 1 heterocycles. The summed E-state index contributed by atoms with van der Waals surface area (Å²) < 4.78 is 5.70. The van der Waals surface area contributed by atoms with Crippen molar-refractivity contribution in [1.29, 1.82) is 0 Å². The fourth-order valence-corrected chi connectivity index (χ4v) is 3.70. The molecule has 0 unspecified atom stereocenters. The van der Waals surface area contributed by atoms with Crippen molar-refractivity contribution in [2.45, 2.75) is 24.4 Å². The molecule has 2 aromatic rings. The number of para-hydroxylation sites is 1. The Morgan fingerprint density at radius 2 is 1.77 bits per heavy atom. The summed E-state index contributed by atoms with van der Waals surface area (Å²) in [5.74, 6) is -0.475. The number of carbonyl (C=O) groups excluding carboxylic acids is 2. The number of esters is 1. The lowest BCUT2D eigenvalue weighted by Gasteiger charge is -2.22. The predicted molar refractivity (Wildman–Crippen MR) is 81.3 cm³/mol. The molecule has 110 valence electrons. The minimum atomic E-state index is -0.906. The lowest BCUT2D eigenvalue weighted by Crippen LogP contribution is -2.32. The van der Waals surface area contributed by atoms with Crippen LogP contribution in [0, 0.1) is 0 Å². The van der Waals surface area contributed by atoms with Gasteiger partial charge in [-0.25, -0.2) is 0 Å². The van der Waals surface area contributed by atoms with Crippen molar-refractivity contribution in [1.82, 2.24) is 0 Å². The standard InChI is InChI=1S/C18H15NO3/c1-12(20)22-18(13-7-3-2-4-8-13)11-17(18)14-9-5-6-10-15(14)19-16(17)21/h2-10H,11H2,1H3,(H,19,21)/t17-,18-/m0/s1. The van der Waals surface area contributed by atoms with Gasteiger partial charge in [0.1, 0.15) is 5.41 Å². The van der Waals surface area contributed by atoms with Gasteiger partial charge in [0.25, 0.3) is 0 Å². The smallest absolute Gasteiger partial charge is 0.303 e. The first-order valence-electron chi connectivity index (χ1n) is 7.26. The van der Waals surface area contributed by atoms with Gasteiger partial charge < -0.3 is 10.1 Å². The van der Waals surface area contributed by atoms with Gasteiger partial charge >= 0.3 is 5.97 Å². The second-order valence-corrected chi connectivity index (χ2v) is 5.87. The number of fused-ring (bicyclic) bond motifs is 2. The predicted octanol–water partition coefficient (Wildman–Crippen LogP) is 2.74. The Morgan fingerprint density at radius 3 is 2.50 bits per heavy atom. The van der Waals surface area contributed by atoms with E-state index < -0.39 is 11.0 Å². The van der Waals surface area contributed by atoms with Crippen LogP contribution in [-0.4, -0.2) is 11.9 Å². The van der Waals surface area contributed by atoms with Crippen LogP contribution >= 0.6 is 0 Å². The molecule has 1 N–H and O–H groups in total. The Morgan fingerprint density at radius 1 is 1.09 bits per heavy atom. The van der Waals surface area contributed by atoms with Crippen molar-refractivity contribution in [3.8, 4) is 0 Å². The van der Waals surface area contributed by atoms with E-state index >= 15 is 0 Å². The Kier molecular flexibility index (Phi) is 2.49. The van der Waals surface area contributed by atoms with Crippen LogP contribution < -0.4 is 5.32 Å². The number of hydrogen-bond acceptors (Lipinski definition) is 3. The number of ether oxygens (including phenoxy) is 1. The Hall–Kier alpha value is -2.62. The van der Waals surface area contributed by atoms with Gasteiger partial charge in [-0.1, -0.05) is 48.5 Å². The van der Waals surface area contributed by atoms with Gasteiger partial charge in [-0.05, 0) is 17.2 Å². The second kappa shape index (κ2) is 4.19. The summed E-state index contributed by atoms with van der Waals surface area (Å²) in [6, 6.07) is 17.1. The van der Waals surface area contributed by atoms with E-state index in [1.807, 2.05) is 54.6 Å². The Balaban J connectivity index is 1.90. The average molecular weight is 293 g/mol. The van der Waals surface area contributed by atoms with Crippen molar-refractivity contribution < 1.29 is 14.3 Å². The highest BCUT2D eigenvalue weighted by molar-refractivity contribution is 6.10. The number of hydrogen-bond donors (Lipinski definition) is 1. The van der Waals surface area contributed by atoms with Crippen LogP contribution in [0.5, 0.6) is 0 Å². The first kappa shape index (κ1) is 13.1. The molecule has 22 heavy (non-hydrogen) atoms. The molecular formula is C18H15NO3. The molecule has 2 atom stereocenters. The molecule has 1 fully saturated rings. The third-order valence-corrected chi connectivity index (χ3v) is 4.66. The highest BCUT2D eigenvalue weighted by Crippen LogP contribution is 2.69. The summed E-state index contributed by atoms with van der Waals surface area (Å²) in [7, 11) is 0. The van der Waals surface area contributed by atoms with E-state index in [1.165, 1.54) is 6.92 Å². The van der Waals surface area contributed by atoms with Crippen LogP contribution in [0.2, 0.25) is 0 Å². The Bertz CT molecular complexity index is 786. The third-order valence-electron chi connectivity index (χ3n) is 4.66. The quantitative estimate of drug-likeness (QED) is 0.866. The minimum absolute atomic E-state index is 0.0983. The first-order valence-corrected chi connectivity index (χ1v) is 7.26. The normalized spacial score (nSPS) is 28.1. The van der Waals surface area contributed by atoms with E-state index in [0.29, 0.717) is 6.42 Å². The lowest BCUT2D eigenvalue weighted by molar-refractivity contribution is -0.151. The van der Waals surface area contributed by atoms with E-state index in [0.717, 1.165) is 16.8 Å². The van der Waals surface area contributed by atoms with Gasteiger partial charge in [0.05, 0.1) is 0 Å². The molecular weight excluding hydrogens is 278 g/mol. The zero-order chi connectivity index (χ0) is 15.4. The summed E-state index contributed by atoms with van der Waals surface area (Å²) in [6.45, 7) is 1.38. The molecule has 1 saturated carbocycles. The van der Waals surface area contributed by atoms with Crippen LogP contribution in [0.25, 0.3) is 0 Å². The molecule has 1 aliphatic heterocycles. The highest BCUT2D eigenvalue weighted by Gasteiger charge is 2.79. The van der Waals surface area contributed by atoms with Crippen LogP contribution in [0.4, 0.5) is 5.69 Å². The molecule has 2 aromatic carbocycles. The van der Waals surface area contributed by atoms with E-state index in [9.17, 15) is 9.59 Å². The summed E-state index contributed by atoms with van der Waals surface area (Å²) in [5, 5.41) is 2.92. The fraction of sp³-hybridized carbons (Fsp3) is 0.222. The molecule has 0 bridgehead atoms. The lowest BCUT2D eigenvalue weighted by atomic mass is 9.89. The van der Waals surface area contributed by atoms with Gasteiger partial charge in [-0.3, -0.25) is 9.59 Å². The zero-order valence-corrected chi connectivity index (χ0v) is 12.1. The molecule has 4 nitrogen and oxygen atoms in total. The molecule has 4 heteroatoms.